The Hall–Kier alpha value is -3.14. The minimum absolute atomic E-state index is 0.413. The van der Waals surface area contributed by atoms with Gasteiger partial charge in [0.15, 0.2) is 0 Å². The first-order valence-corrected chi connectivity index (χ1v) is 8.36. The first-order chi connectivity index (χ1) is 12.6. The summed E-state index contributed by atoms with van der Waals surface area (Å²) in [4.78, 5) is 12.5. The fraction of sp³-hybridized carbons (Fsp3) is 0.0909. The van der Waals surface area contributed by atoms with E-state index in [2.05, 4.69) is 7.49 Å². The zero-order valence-electron chi connectivity index (χ0n) is 14.9. The Balaban J connectivity index is 1.92. The van der Waals surface area contributed by atoms with Crippen LogP contribution in [0.4, 0.5) is 0 Å². The number of benzene rings is 3. The predicted octanol–water partition coefficient (Wildman–Crippen LogP) is 3.98. The molecule has 4 heteroatoms. The van der Waals surface area contributed by atoms with E-state index in [4.69, 9.17) is 9.47 Å². The maximum absolute atomic E-state index is 12.5. The third-order valence-corrected chi connectivity index (χ3v) is 4.03. The van der Waals surface area contributed by atoms with Crippen LogP contribution in [0.2, 0.25) is 0 Å². The monoisotopic (exact) mass is 342 g/mol. The Morgan fingerprint density at radius 2 is 1.15 bits per heavy atom. The summed E-state index contributed by atoms with van der Waals surface area (Å²) < 4.78 is 11.7. The summed E-state index contributed by atoms with van der Waals surface area (Å²) in [7, 11) is 4.01. The second-order valence-corrected chi connectivity index (χ2v) is 6.00. The number of hydrogen-bond acceptors (Lipinski definition) is 3. The molecule has 0 atom stereocenters. The Kier molecular flexibility index (Phi) is 5.33. The Labute approximate surface area is 154 Å². The molecule has 0 fully saturated rings. The molecular formula is C22H19BO3. The van der Waals surface area contributed by atoms with Crippen LogP contribution in [0.3, 0.4) is 0 Å². The van der Waals surface area contributed by atoms with E-state index >= 15 is 0 Å². The summed E-state index contributed by atoms with van der Waals surface area (Å²) >= 11 is 0. The molecule has 0 aliphatic carbocycles. The van der Waals surface area contributed by atoms with Crippen LogP contribution in [0.25, 0.3) is 0 Å². The molecule has 0 spiro atoms. The number of rotatable bonds is 5. The molecule has 26 heavy (non-hydrogen) atoms. The van der Waals surface area contributed by atoms with Gasteiger partial charge in [0.2, 0.25) is 0 Å². The average molecular weight is 342 g/mol. The molecule has 3 aromatic carbocycles. The van der Waals surface area contributed by atoms with E-state index in [9.17, 15) is 4.79 Å². The van der Waals surface area contributed by atoms with Gasteiger partial charge in [-0.1, -0.05) is 0 Å². The molecule has 0 radical (unpaired) electrons. The van der Waals surface area contributed by atoms with Crippen molar-refractivity contribution in [1.29, 1.82) is 0 Å². The summed E-state index contributed by atoms with van der Waals surface area (Å²) in [6.45, 7) is 3.79. The van der Waals surface area contributed by atoms with Gasteiger partial charge >= 0.3 is 154 Å². The van der Waals surface area contributed by atoms with E-state index in [0.29, 0.717) is 22.7 Å². The Bertz CT molecular complexity index is 856. The SMILES string of the molecule is B=C(Oc1c(C)ccc(C)c1OC(=O)c1ccccc1)c1ccccc1. The van der Waals surface area contributed by atoms with Gasteiger partial charge in [0.1, 0.15) is 0 Å². The molecule has 0 aromatic heterocycles. The zero-order chi connectivity index (χ0) is 18.5. The van der Waals surface area contributed by atoms with Crippen molar-refractivity contribution in [3.8, 4) is 11.5 Å². The molecule has 0 aliphatic rings. The van der Waals surface area contributed by atoms with Crippen LogP contribution in [0.15, 0.2) is 72.8 Å². The molecule has 0 bridgehead atoms. The maximum atomic E-state index is 12.5. The van der Waals surface area contributed by atoms with Crippen LogP contribution < -0.4 is 9.47 Å². The third kappa shape index (κ3) is 3.91. The second-order valence-electron chi connectivity index (χ2n) is 6.00. The molecule has 0 saturated heterocycles. The second kappa shape index (κ2) is 7.83. The zero-order valence-corrected chi connectivity index (χ0v) is 14.9. The number of carbonyl (C=O) groups is 1. The van der Waals surface area contributed by atoms with Crippen LogP contribution in [-0.2, 0) is 0 Å². The van der Waals surface area contributed by atoms with E-state index in [1.165, 1.54) is 0 Å². The van der Waals surface area contributed by atoms with Crippen molar-refractivity contribution in [1.82, 2.24) is 0 Å². The van der Waals surface area contributed by atoms with Crippen LogP contribution in [0.5, 0.6) is 11.5 Å². The van der Waals surface area contributed by atoms with E-state index in [1.54, 1.807) is 24.3 Å². The summed E-state index contributed by atoms with van der Waals surface area (Å²) in [6.07, 6.45) is 0. The van der Waals surface area contributed by atoms with Gasteiger partial charge in [-0.15, -0.1) is 0 Å². The standard InChI is InChI=1S/C22H19BO3/c1-15-13-14-16(2)20(26-22(24)18-11-7-4-8-12-18)19(15)25-21(23)17-9-5-3-6-10-17/h3-14,23H,1-2H3. The van der Waals surface area contributed by atoms with Crippen molar-refractivity contribution in [3.05, 3.63) is 95.1 Å². The third-order valence-electron chi connectivity index (χ3n) is 4.03. The fourth-order valence-electron chi connectivity index (χ4n) is 2.55. The number of ether oxygens (including phenoxy) is 2. The first-order valence-electron chi connectivity index (χ1n) is 8.36. The molecule has 0 unspecified atom stereocenters. The molecule has 3 nitrogen and oxygen atoms in total. The summed E-state index contributed by atoms with van der Waals surface area (Å²) in [5, 5.41) is 0. The summed E-state index contributed by atoms with van der Waals surface area (Å²) in [5.41, 5.74) is 3.53. The molecule has 0 amide bonds. The van der Waals surface area contributed by atoms with Gasteiger partial charge in [0.05, 0.1) is 0 Å². The van der Waals surface area contributed by atoms with E-state index < -0.39 is 5.97 Å². The molecule has 128 valence electrons. The van der Waals surface area contributed by atoms with Gasteiger partial charge in [0, 0.05) is 0 Å². The Morgan fingerprint density at radius 1 is 0.692 bits per heavy atom. The first kappa shape index (κ1) is 17.7. The average Bonchev–Trinajstić information content (AvgIpc) is 2.68. The molecule has 3 aromatic rings. The molecule has 0 saturated carbocycles. The van der Waals surface area contributed by atoms with Crippen LogP contribution in [-0.4, -0.2) is 19.1 Å². The molecule has 3 rings (SSSR count). The van der Waals surface area contributed by atoms with Crippen molar-refractivity contribution >= 4 is 19.1 Å². The van der Waals surface area contributed by atoms with Crippen LogP contribution >= 0.6 is 0 Å². The molecule has 0 N–H and O–H groups in total. The van der Waals surface area contributed by atoms with Crippen molar-refractivity contribution < 1.29 is 14.3 Å². The van der Waals surface area contributed by atoms with Crippen LogP contribution in [0, 0.1) is 13.8 Å². The van der Waals surface area contributed by atoms with E-state index in [1.807, 2.05) is 62.4 Å². The fourth-order valence-corrected chi connectivity index (χ4v) is 2.55. The summed E-state index contributed by atoms with van der Waals surface area (Å²) in [6, 6.07) is 22.3. The van der Waals surface area contributed by atoms with Crippen molar-refractivity contribution in [3.63, 3.8) is 0 Å². The molecular weight excluding hydrogens is 323 g/mol. The number of hydrogen-bond donors (Lipinski definition) is 0. The van der Waals surface area contributed by atoms with E-state index in [-0.39, 0.29) is 0 Å². The molecule has 0 heterocycles. The minimum atomic E-state index is -0.422. The number of esters is 1. The van der Waals surface area contributed by atoms with Gasteiger partial charge in [-0.05, 0) is 0 Å². The van der Waals surface area contributed by atoms with Gasteiger partial charge in [-0.2, -0.15) is 0 Å². The topological polar surface area (TPSA) is 35.5 Å². The quantitative estimate of drug-likeness (QED) is 0.400. The molecule has 0 aliphatic heterocycles. The van der Waals surface area contributed by atoms with E-state index in [0.717, 1.165) is 16.7 Å². The van der Waals surface area contributed by atoms with Gasteiger partial charge in [-0.3, -0.25) is 0 Å². The van der Waals surface area contributed by atoms with Gasteiger partial charge in [0.25, 0.3) is 0 Å². The number of aryl methyl sites for hydroxylation is 2. The van der Waals surface area contributed by atoms with Crippen molar-refractivity contribution in [2.75, 3.05) is 0 Å². The Morgan fingerprint density at radius 3 is 1.69 bits per heavy atom. The number of carbonyl (C=O) groups excluding carboxylic acids is 1. The van der Waals surface area contributed by atoms with Crippen molar-refractivity contribution in [2.45, 2.75) is 13.8 Å². The van der Waals surface area contributed by atoms with Gasteiger partial charge in [-0.25, -0.2) is 0 Å². The van der Waals surface area contributed by atoms with Crippen LogP contribution in [0.1, 0.15) is 27.0 Å². The van der Waals surface area contributed by atoms with Gasteiger partial charge < -0.3 is 0 Å². The summed E-state index contributed by atoms with van der Waals surface area (Å²) in [5.74, 6) is 0.494. The normalized spacial score (nSPS) is 10.2. The van der Waals surface area contributed by atoms with Crippen molar-refractivity contribution in [2.24, 2.45) is 0 Å². The predicted molar refractivity (Wildman–Crippen MR) is 106 cm³/mol.